The molecule has 0 aliphatic heterocycles. The molecule has 0 N–H and O–H groups in total. The summed E-state index contributed by atoms with van der Waals surface area (Å²) in [6, 6.07) is 57.4. The largest absolute Gasteiger partial charge is 0.310 e. The van der Waals surface area contributed by atoms with E-state index in [1.165, 1.54) is 16.7 Å². The molecule has 252 valence electrons. The summed E-state index contributed by atoms with van der Waals surface area (Å²) >= 11 is 0. The highest BCUT2D eigenvalue weighted by Crippen LogP contribution is 2.51. The molecule has 0 saturated heterocycles. The van der Waals surface area contributed by atoms with E-state index in [0.717, 1.165) is 55.6 Å². The van der Waals surface area contributed by atoms with E-state index in [1.54, 1.807) is 0 Å². The van der Waals surface area contributed by atoms with Crippen LogP contribution in [0.4, 0.5) is 17.1 Å². The maximum atomic E-state index is 9.95. The molecule has 0 saturated carbocycles. The SMILES string of the molecule is [2H]c1c([2H])c(-c2ccc3c(c2)c2ccccc2n3-c2ccccc2)c([2H])c(N(c2ccc(-c3ccccc3)cc2)c2ccc3c(c2)C(C)(C)c2ccccc2-3)c1[2H]. The van der Waals surface area contributed by atoms with E-state index in [4.69, 9.17) is 0 Å². The fraction of sp³-hybridized carbons (Fsp3) is 0.0588. The van der Waals surface area contributed by atoms with Gasteiger partial charge in [-0.25, -0.2) is 0 Å². The molecule has 0 atom stereocenters. The van der Waals surface area contributed by atoms with Gasteiger partial charge in [-0.3, -0.25) is 0 Å². The second-order valence-corrected chi connectivity index (χ2v) is 14.3. The van der Waals surface area contributed by atoms with Gasteiger partial charge in [0.1, 0.15) is 0 Å². The van der Waals surface area contributed by atoms with E-state index in [2.05, 4.69) is 115 Å². The van der Waals surface area contributed by atoms with Gasteiger partial charge in [0, 0.05) is 38.9 Å². The van der Waals surface area contributed by atoms with E-state index in [9.17, 15) is 5.48 Å². The van der Waals surface area contributed by atoms with Crippen LogP contribution in [0.5, 0.6) is 0 Å². The first-order chi connectivity index (χ1) is 27.7. The molecular formula is C51H38N2. The third kappa shape index (κ3) is 5.10. The molecule has 0 unspecified atom stereocenters. The molecular weight excluding hydrogens is 641 g/mol. The van der Waals surface area contributed by atoms with Crippen LogP contribution in [0.2, 0.25) is 0 Å². The van der Waals surface area contributed by atoms with Gasteiger partial charge in [0.05, 0.1) is 16.5 Å². The lowest BCUT2D eigenvalue weighted by molar-refractivity contribution is 0.660. The highest BCUT2D eigenvalue weighted by atomic mass is 15.1. The molecule has 0 radical (unpaired) electrons. The summed E-state index contributed by atoms with van der Waals surface area (Å²) in [5.74, 6) is 0. The zero-order valence-electron chi connectivity index (χ0n) is 33.6. The average molecular weight is 683 g/mol. The summed E-state index contributed by atoms with van der Waals surface area (Å²) in [5.41, 5.74) is 12.6. The van der Waals surface area contributed by atoms with Crippen LogP contribution in [-0.4, -0.2) is 4.57 Å². The summed E-state index contributed by atoms with van der Waals surface area (Å²) in [7, 11) is 0. The van der Waals surface area contributed by atoms with Crippen molar-refractivity contribution in [3.63, 3.8) is 0 Å². The van der Waals surface area contributed by atoms with Gasteiger partial charge in [-0.15, -0.1) is 0 Å². The normalized spacial score (nSPS) is 13.9. The van der Waals surface area contributed by atoms with Crippen LogP contribution in [0.3, 0.4) is 0 Å². The fourth-order valence-electron chi connectivity index (χ4n) is 8.25. The number of hydrogen-bond acceptors (Lipinski definition) is 1. The zero-order valence-corrected chi connectivity index (χ0v) is 29.6. The van der Waals surface area contributed by atoms with Crippen molar-refractivity contribution in [3.05, 3.63) is 205 Å². The number of fused-ring (bicyclic) bond motifs is 6. The summed E-state index contributed by atoms with van der Waals surface area (Å²) in [6.07, 6.45) is 0. The van der Waals surface area contributed by atoms with Crippen LogP contribution in [-0.2, 0) is 5.41 Å². The molecule has 0 fully saturated rings. The lowest BCUT2D eigenvalue weighted by Crippen LogP contribution is -2.16. The first kappa shape index (κ1) is 27.1. The standard InChI is InChI=1S/C51H38N2/c1-51(2)47-22-11-9-20-43(47)44-30-29-42(34-48(44)51)52(40-27-24-36(25-28-40)35-14-5-3-6-15-35)41-19-13-16-37(32-41)38-26-31-50-46(33-38)45-21-10-12-23-49(45)53(50)39-17-7-4-8-18-39/h3-34H,1-2H3/i13D,16D,19D,32D. The zero-order chi connectivity index (χ0) is 39.0. The van der Waals surface area contributed by atoms with Crippen molar-refractivity contribution in [1.29, 1.82) is 0 Å². The highest BCUT2D eigenvalue weighted by molar-refractivity contribution is 6.10. The van der Waals surface area contributed by atoms with E-state index in [0.29, 0.717) is 11.1 Å². The van der Waals surface area contributed by atoms with Gasteiger partial charge in [-0.1, -0.05) is 141 Å². The first-order valence-corrected chi connectivity index (χ1v) is 18.1. The van der Waals surface area contributed by atoms with Crippen LogP contribution in [0.25, 0.3) is 60.9 Å². The molecule has 1 heterocycles. The molecule has 0 amide bonds. The quantitative estimate of drug-likeness (QED) is 0.169. The number of aromatic nitrogens is 1. The molecule has 1 aromatic heterocycles. The molecule has 8 aromatic carbocycles. The smallest absolute Gasteiger partial charge is 0.0651 e. The van der Waals surface area contributed by atoms with E-state index < -0.39 is 0 Å². The van der Waals surface area contributed by atoms with Crippen molar-refractivity contribution >= 4 is 38.9 Å². The number of rotatable bonds is 6. The van der Waals surface area contributed by atoms with Crippen LogP contribution >= 0.6 is 0 Å². The molecule has 53 heavy (non-hydrogen) atoms. The van der Waals surface area contributed by atoms with Gasteiger partial charge in [0.15, 0.2) is 0 Å². The molecule has 10 rings (SSSR count). The Morgan fingerprint density at radius 1 is 0.472 bits per heavy atom. The van der Waals surface area contributed by atoms with Gasteiger partial charge < -0.3 is 9.47 Å². The third-order valence-electron chi connectivity index (χ3n) is 10.9. The number of hydrogen-bond donors (Lipinski definition) is 0. The molecule has 0 bridgehead atoms. The molecule has 9 aromatic rings. The Morgan fingerprint density at radius 2 is 1.11 bits per heavy atom. The van der Waals surface area contributed by atoms with Crippen molar-refractivity contribution in [2.75, 3.05) is 4.90 Å². The minimum absolute atomic E-state index is 0.0299. The maximum absolute atomic E-state index is 9.95. The minimum atomic E-state index is -0.274. The fourth-order valence-corrected chi connectivity index (χ4v) is 8.25. The second kappa shape index (κ2) is 12.3. The van der Waals surface area contributed by atoms with E-state index in [1.807, 2.05) is 77.7 Å². The van der Waals surface area contributed by atoms with Crippen molar-refractivity contribution in [3.8, 4) is 39.1 Å². The summed E-state index contributed by atoms with van der Waals surface area (Å²) in [4.78, 5) is 1.94. The maximum Gasteiger partial charge on any atom is 0.0651 e. The lowest BCUT2D eigenvalue weighted by atomic mass is 9.82. The molecule has 0 spiro atoms. The van der Waals surface area contributed by atoms with Gasteiger partial charge in [0.25, 0.3) is 0 Å². The van der Waals surface area contributed by atoms with Crippen LogP contribution < -0.4 is 4.90 Å². The number of para-hydroxylation sites is 2. The van der Waals surface area contributed by atoms with E-state index >= 15 is 0 Å². The Kier molecular flexibility index (Phi) is 6.26. The molecule has 2 heteroatoms. The topological polar surface area (TPSA) is 8.17 Å². The molecule has 1 aliphatic carbocycles. The summed E-state index contributed by atoms with van der Waals surface area (Å²) in [6.45, 7) is 4.48. The number of nitrogens with zero attached hydrogens (tertiary/aromatic N) is 2. The predicted octanol–water partition coefficient (Wildman–Crippen LogP) is 13.9. The average Bonchev–Trinajstić information content (AvgIpc) is 3.70. The Labute approximate surface area is 316 Å². The van der Waals surface area contributed by atoms with Gasteiger partial charge >= 0.3 is 0 Å². The molecule has 2 nitrogen and oxygen atoms in total. The number of anilines is 3. The van der Waals surface area contributed by atoms with Gasteiger partial charge in [-0.2, -0.15) is 0 Å². The monoisotopic (exact) mass is 682 g/mol. The Balaban J connectivity index is 1.20. The van der Waals surface area contributed by atoms with Crippen molar-refractivity contribution in [2.24, 2.45) is 0 Å². The summed E-state index contributed by atoms with van der Waals surface area (Å²) in [5, 5.41) is 2.05. The van der Waals surface area contributed by atoms with Crippen LogP contribution in [0.1, 0.15) is 30.5 Å². The Hall–Kier alpha value is -6.64. The Morgan fingerprint density at radius 3 is 1.94 bits per heavy atom. The van der Waals surface area contributed by atoms with Gasteiger partial charge in [0.2, 0.25) is 0 Å². The third-order valence-corrected chi connectivity index (χ3v) is 10.9. The highest BCUT2D eigenvalue weighted by Gasteiger charge is 2.35. The molecule has 1 aliphatic rings. The van der Waals surface area contributed by atoms with Crippen LogP contribution in [0, 0.1) is 0 Å². The minimum Gasteiger partial charge on any atom is -0.310 e. The summed E-state index contributed by atoms with van der Waals surface area (Å²) < 4.78 is 40.1. The van der Waals surface area contributed by atoms with Gasteiger partial charge in [-0.05, 0) is 111 Å². The van der Waals surface area contributed by atoms with E-state index in [-0.39, 0.29) is 35.3 Å². The first-order valence-electron chi connectivity index (χ1n) is 20.1. The Bertz CT molecular complexity index is 3020. The van der Waals surface area contributed by atoms with Crippen LogP contribution in [0.15, 0.2) is 194 Å². The predicted molar refractivity (Wildman–Crippen MR) is 224 cm³/mol. The van der Waals surface area contributed by atoms with Crippen molar-refractivity contribution in [1.82, 2.24) is 4.57 Å². The number of benzene rings is 8. The van der Waals surface area contributed by atoms with Crippen molar-refractivity contribution < 1.29 is 5.48 Å². The van der Waals surface area contributed by atoms with Crippen molar-refractivity contribution in [2.45, 2.75) is 19.3 Å². The lowest BCUT2D eigenvalue weighted by Gasteiger charge is -2.28. The second-order valence-electron chi connectivity index (χ2n) is 14.3.